The first kappa shape index (κ1) is 17.2. The number of hydrogen-bond donors (Lipinski definition) is 2. The van der Waals surface area contributed by atoms with E-state index in [0.717, 1.165) is 19.5 Å². The van der Waals surface area contributed by atoms with Gasteiger partial charge in [-0.2, -0.15) is 0 Å². The van der Waals surface area contributed by atoms with Crippen molar-refractivity contribution < 1.29 is 14.3 Å². The third-order valence-corrected chi connectivity index (χ3v) is 4.59. The van der Waals surface area contributed by atoms with Gasteiger partial charge in [-0.3, -0.25) is 14.5 Å². The first-order chi connectivity index (χ1) is 10.3. The predicted octanol–water partition coefficient (Wildman–Crippen LogP) is 0.517. The smallest absolute Gasteiger partial charge is 0.223 e. The average Bonchev–Trinajstić information content (AvgIpc) is 2.44. The van der Waals surface area contributed by atoms with Crippen molar-refractivity contribution in [2.75, 3.05) is 26.2 Å². The molecule has 0 radical (unpaired) electrons. The first-order valence-corrected chi connectivity index (χ1v) is 8.23. The van der Waals surface area contributed by atoms with Crippen molar-refractivity contribution in [1.82, 2.24) is 15.5 Å². The maximum absolute atomic E-state index is 12.3. The van der Waals surface area contributed by atoms with Crippen molar-refractivity contribution in [3.8, 4) is 0 Å². The second kappa shape index (κ2) is 6.96. The summed E-state index contributed by atoms with van der Waals surface area (Å²) in [6.07, 6.45) is 1.45. The molecule has 2 amide bonds. The van der Waals surface area contributed by atoms with Crippen LogP contribution in [0.2, 0.25) is 0 Å². The predicted molar refractivity (Wildman–Crippen MR) is 84.4 cm³/mol. The van der Waals surface area contributed by atoms with Gasteiger partial charge in [0, 0.05) is 44.1 Å². The minimum atomic E-state index is -0.188. The zero-order valence-electron chi connectivity index (χ0n) is 14.1. The van der Waals surface area contributed by atoms with Gasteiger partial charge in [-0.1, -0.05) is 0 Å². The largest absolute Gasteiger partial charge is 0.373 e. The van der Waals surface area contributed by atoms with Gasteiger partial charge in [-0.25, -0.2) is 0 Å². The monoisotopic (exact) mass is 311 g/mol. The van der Waals surface area contributed by atoms with Gasteiger partial charge in [0.25, 0.3) is 0 Å². The zero-order valence-corrected chi connectivity index (χ0v) is 14.1. The number of carbonyl (C=O) groups excluding carboxylic acids is 2. The number of ether oxygens (including phenoxy) is 1. The van der Waals surface area contributed by atoms with Crippen LogP contribution in [-0.4, -0.2) is 60.6 Å². The van der Waals surface area contributed by atoms with Crippen molar-refractivity contribution in [3.05, 3.63) is 0 Å². The van der Waals surface area contributed by atoms with Crippen LogP contribution < -0.4 is 10.6 Å². The first-order valence-electron chi connectivity index (χ1n) is 8.23. The summed E-state index contributed by atoms with van der Waals surface area (Å²) in [5.74, 6) is -0.217. The van der Waals surface area contributed by atoms with Crippen LogP contribution in [-0.2, 0) is 14.3 Å². The molecule has 22 heavy (non-hydrogen) atoms. The lowest BCUT2D eigenvalue weighted by atomic mass is 9.95. The summed E-state index contributed by atoms with van der Waals surface area (Å²) >= 11 is 0. The van der Waals surface area contributed by atoms with Crippen molar-refractivity contribution in [1.29, 1.82) is 0 Å². The van der Waals surface area contributed by atoms with E-state index in [1.54, 1.807) is 0 Å². The minimum Gasteiger partial charge on any atom is -0.373 e. The van der Waals surface area contributed by atoms with Gasteiger partial charge in [0.1, 0.15) is 0 Å². The Balaban J connectivity index is 1.86. The van der Waals surface area contributed by atoms with Gasteiger partial charge in [-0.15, -0.1) is 0 Å². The van der Waals surface area contributed by atoms with E-state index >= 15 is 0 Å². The molecule has 2 rings (SSSR count). The highest BCUT2D eigenvalue weighted by molar-refractivity contribution is 5.86. The molecule has 0 aliphatic carbocycles. The van der Waals surface area contributed by atoms with Gasteiger partial charge < -0.3 is 15.4 Å². The fourth-order valence-electron chi connectivity index (χ4n) is 3.24. The molecule has 2 aliphatic heterocycles. The highest BCUT2D eigenvalue weighted by Crippen LogP contribution is 2.21. The molecular formula is C16H29N3O3. The Bertz CT molecular complexity index is 415. The standard InChI is InChI=1S/C16H29N3O3/c1-11-8-19(9-12(2)22-11)16(3,4)10-18-15(21)13-5-6-17-14(20)7-13/h11-13H,5-10H2,1-4H3,(H,17,20)(H,18,21)/t11-,12+,13-/m0/s1. The number of rotatable bonds is 4. The molecule has 0 aromatic heterocycles. The van der Waals surface area contributed by atoms with Gasteiger partial charge in [-0.05, 0) is 34.1 Å². The van der Waals surface area contributed by atoms with Gasteiger partial charge in [0.2, 0.25) is 11.8 Å². The van der Waals surface area contributed by atoms with E-state index in [-0.39, 0.29) is 35.5 Å². The topological polar surface area (TPSA) is 70.7 Å². The Morgan fingerprint density at radius 3 is 2.59 bits per heavy atom. The molecule has 2 aliphatic rings. The van der Waals surface area contributed by atoms with Crippen molar-refractivity contribution in [2.45, 2.75) is 58.3 Å². The number of morpholine rings is 1. The lowest BCUT2D eigenvalue weighted by Gasteiger charge is -2.45. The molecule has 2 heterocycles. The second-order valence-electron chi connectivity index (χ2n) is 7.23. The summed E-state index contributed by atoms with van der Waals surface area (Å²) in [6, 6.07) is 0. The Hall–Kier alpha value is -1.14. The minimum absolute atomic E-state index is 0.00252. The molecule has 0 aromatic rings. The number of nitrogens with one attached hydrogen (secondary N) is 2. The molecule has 2 saturated heterocycles. The van der Waals surface area contributed by atoms with Gasteiger partial charge in [0.05, 0.1) is 12.2 Å². The molecule has 0 aromatic carbocycles. The molecule has 0 bridgehead atoms. The number of nitrogens with zero attached hydrogens (tertiary/aromatic N) is 1. The molecule has 0 saturated carbocycles. The molecule has 126 valence electrons. The van der Waals surface area contributed by atoms with Crippen LogP contribution in [0.25, 0.3) is 0 Å². The fraction of sp³-hybridized carbons (Fsp3) is 0.875. The lowest BCUT2D eigenvalue weighted by molar-refractivity contribution is -0.133. The van der Waals surface area contributed by atoms with Crippen LogP contribution in [0.5, 0.6) is 0 Å². The van der Waals surface area contributed by atoms with Crippen molar-refractivity contribution in [2.24, 2.45) is 5.92 Å². The molecule has 0 spiro atoms. The lowest BCUT2D eigenvalue weighted by Crippen LogP contribution is -2.59. The number of piperidine rings is 1. The average molecular weight is 311 g/mol. The molecule has 0 unspecified atom stereocenters. The third kappa shape index (κ3) is 4.43. The van der Waals surface area contributed by atoms with Crippen molar-refractivity contribution in [3.63, 3.8) is 0 Å². The molecule has 6 nitrogen and oxygen atoms in total. The van der Waals surface area contributed by atoms with Crippen LogP contribution in [0.3, 0.4) is 0 Å². The molecule has 6 heteroatoms. The van der Waals surface area contributed by atoms with Crippen LogP contribution >= 0.6 is 0 Å². The van der Waals surface area contributed by atoms with Crippen LogP contribution in [0.15, 0.2) is 0 Å². The molecular weight excluding hydrogens is 282 g/mol. The van der Waals surface area contributed by atoms with E-state index in [4.69, 9.17) is 4.74 Å². The van der Waals surface area contributed by atoms with Gasteiger partial charge >= 0.3 is 0 Å². The summed E-state index contributed by atoms with van der Waals surface area (Å²) in [5, 5.41) is 5.80. The molecule has 2 N–H and O–H groups in total. The number of hydrogen-bond acceptors (Lipinski definition) is 4. The summed E-state index contributed by atoms with van der Waals surface area (Å²) < 4.78 is 5.77. The zero-order chi connectivity index (χ0) is 16.3. The van der Waals surface area contributed by atoms with Crippen LogP contribution in [0, 0.1) is 5.92 Å². The molecule has 3 atom stereocenters. The number of carbonyl (C=O) groups is 2. The van der Waals surface area contributed by atoms with Crippen LogP contribution in [0.4, 0.5) is 0 Å². The second-order valence-corrected chi connectivity index (χ2v) is 7.23. The third-order valence-electron chi connectivity index (χ3n) is 4.59. The maximum Gasteiger partial charge on any atom is 0.223 e. The van der Waals surface area contributed by atoms with E-state index < -0.39 is 0 Å². The van der Waals surface area contributed by atoms with E-state index in [1.165, 1.54) is 0 Å². The Labute approximate surface area is 132 Å². The fourth-order valence-corrected chi connectivity index (χ4v) is 3.24. The van der Waals surface area contributed by atoms with Gasteiger partial charge in [0.15, 0.2) is 0 Å². The number of amides is 2. The highest BCUT2D eigenvalue weighted by atomic mass is 16.5. The van der Waals surface area contributed by atoms with E-state index in [9.17, 15) is 9.59 Å². The summed E-state index contributed by atoms with van der Waals surface area (Å²) in [5.41, 5.74) is -0.126. The Kier molecular flexibility index (Phi) is 5.45. The SMILES string of the molecule is C[C@@H]1CN(C(C)(C)CNC(=O)[C@H]2CCNC(=O)C2)C[C@H](C)O1. The highest BCUT2D eigenvalue weighted by Gasteiger charge is 2.34. The normalized spacial score (nSPS) is 30.7. The summed E-state index contributed by atoms with van der Waals surface area (Å²) in [7, 11) is 0. The summed E-state index contributed by atoms with van der Waals surface area (Å²) in [6.45, 7) is 11.4. The van der Waals surface area contributed by atoms with Crippen molar-refractivity contribution >= 4 is 11.8 Å². The Morgan fingerprint density at radius 1 is 1.36 bits per heavy atom. The maximum atomic E-state index is 12.3. The van der Waals surface area contributed by atoms with E-state index in [1.807, 2.05) is 0 Å². The van der Waals surface area contributed by atoms with E-state index in [0.29, 0.717) is 19.5 Å². The van der Waals surface area contributed by atoms with E-state index in [2.05, 4.69) is 43.2 Å². The Morgan fingerprint density at radius 2 is 2.00 bits per heavy atom. The van der Waals surface area contributed by atoms with Crippen LogP contribution in [0.1, 0.15) is 40.5 Å². The summed E-state index contributed by atoms with van der Waals surface area (Å²) in [4.78, 5) is 26.0. The molecule has 2 fully saturated rings. The quantitative estimate of drug-likeness (QED) is 0.794.